The van der Waals surface area contributed by atoms with Crippen LogP contribution in [0.5, 0.6) is 5.75 Å². The van der Waals surface area contributed by atoms with Gasteiger partial charge >= 0.3 is 0 Å². The van der Waals surface area contributed by atoms with Crippen molar-refractivity contribution in [3.63, 3.8) is 0 Å². The number of rotatable bonds is 3. The largest absolute Gasteiger partial charge is 0.508 e. The van der Waals surface area contributed by atoms with Crippen molar-refractivity contribution < 1.29 is 9.90 Å². The molecule has 4 rings (SSSR count). The molecule has 2 aromatic carbocycles. The molecule has 1 aliphatic carbocycles. The van der Waals surface area contributed by atoms with Gasteiger partial charge in [0.05, 0.1) is 11.3 Å². The molecule has 3 N–H and O–H groups in total. The molecule has 25 heavy (non-hydrogen) atoms. The minimum absolute atomic E-state index is 0.114. The summed E-state index contributed by atoms with van der Waals surface area (Å²) >= 11 is 3.50. The van der Waals surface area contributed by atoms with Crippen LogP contribution in [0, 0.1) is 0 Å². The monoisotopic (exact) mass is 398 g/mol. The van der Waals surface area contributed by atoms with Gasteiger partial charge in [-0.1, -0.05) is 40.9 Å². The van der Waals surface area contributed by atoms with Crippen LogP contribution in [0.3, 0.4) is 0 Å². The Bertz CT molecular complexity index is 870. The first-order valence-electron chi connectivity index (χ1n) is 8.53. The molecule has 1 heterocycles. The zero-order chi connectivity index (χ0) is 17.4. The molecule has 2 aliphatic rings. The van der Waals surface area contributed by atoms with Crippen LogP contribution in [-0.2, 0) is 4.79 Å². The number of phenolic OH excluding ortho intramolecular Hbond substituents is 1. The first-order chi connectivity index (χ1) is 12.1. The molecule has 1 fully saturated rings. The molecular weight excluding hydrogens is 380 g/mol. The number of hydrogen-bond acceptors (Lipinski definition) is 3. The van der Waals surface area contributed by atoms with Gasteiger partial charge < -0.3 is 15.7 Å². The summed E-state index contributed by atoms with van der Waals surface area (Å²) in [5, 5.41) is 16.4. The highest BCUT2D eigenvalue weighted by atomic mass is 79.9. The molecule has 0 unspecified atom stereocenters. The number of phenols is 1. The van der Waals surface area contributed by atoms with Crippen LogP contribution in [0.1, 0.15) is 36.8 Å². The Morgan fingerprint density at radius 3 is 2.72 bits per heavy atom. The SMILES string of the molecule is O=C1Nc2ccc(Br)cc2/C1=C(/NC1CCCC1)c1cccc(O)c1. The Balaban J connectivity index is 1.88. The molecule has 2 aromatic rings. The number of carbonyl (C=O) groups excluding carboxylic acids is 1. The molecule has 4 nitrogen and oxygen atoms in total. The molecule has 0 spiro atoms. The molecule has 0 atom stereocenters. The van der Waals surface area contributed by atoms with E-state index in [1.165, 1.54) is 12.8 Å². The van der Waals surface area contributed by atoms with Crippen LogP contribution >= 0.6 is 15.9 Å². The highest BCUT2D eigenvalue weighted by Gasteiger charge is 2.30. The van der Waals surface area contributed by atoms with Gasteiger partial charge in [0.1, 0.15) is 5.75 Å². The summed E-state index contributed by atoms with van der Waals surface area (Å²) < 4.78 is 0.927. The third-order valence-corrected chi connectivity index (χ3v) is 5.31. The third kappa shape index (κ3) is 3.16. The summed E-state index contributed by atoms with van der Waals surface area (Å²) in [6, 6.07) is 13.2. The van der Waals surface area contributed by atoms with E-state index in [0.717, 1.165) is 39.8 Å². The van der Waals surface area contributed by atoms with Crippen molar-refractivity contribution in [3.05, 3.63) is 58.1 Å². The number of hydrogen-bond donors (Lipinski definition) is 3. The lowest BCUT2D eigenvalue weighted by molar-refractivity contribution is -0.110. The number of fused-ring (bicyclic) bond motifs is 1. The van der Waals surface area contributed by atoms with Crippen molar-refractivity contribution in [1.82, 2.24) is 5.32 Å². The highest BCUT2D eigenvalue weighted by Crippen LogP contribution is 2.38. The van der Waals surface area contributed by atoms with E-state index in [2.05, 4.69) is 26.6 Å². The van der Waals surface area contributed by atoms with Crippen molar-refractivity contribution >= 4 is 38.8 Å². The summed E-state index contributed by atoms with van der Waals surface area (Å²) in [5.74, 6) is 0.0774. The molecule has 1 saturated carbocycles. The van der Waals surface area contributed by atoms with Gasteiger partial charge in [-0.3, -0.25) is 4.79 Å². The first kappa shape index (κ1) is 16.2. The van der Waals surface area contributed by atoms with Crippen molar-refractivity contribution in [2.75, 3.05) is 5.32 Å². The minimum atomic E-state index is -0.114. The fraction of sp³-hybridized carbons (Fsp3) is 0.250. The molecule has 0 saturated heterocycles. The van der Waals surface area contributed by atoms with Gasteiger partial charge in [-0.05, 0) is 43.2 Å². The highest BCUT2D eigenvalue weighted by molar-refractivity contribution is 9.10. The van der Waals surface area contributed by atoms with Gasteiger partial charge in [0.25, 0.3) is 5.91 Å². The maximum absolute atomic E-state index is 12.7. The zero-order valence-corrected chi connectivity index (χ0v) is 15.3. The van der Waals surface area contributed by atoms with E-state index in [1.807, 2.05) is 24.3 Å². The number of anilines is 1. The van der Waals surface area contributed by atoms with Crippen LogP contribution in [0.15, 0.2) is 46.9 Å². The smallest absolute Gasteiger partial charge is 0.258 e. The lowest BCUT2D eigenvalue weighted by Gasteiger charge is -2.19. The van der Waals surface area contributed by atoms with Crippen molar-refractivity contribution in [1.29, 1.82) is 0 Å². The molecule has 1 amide bonds. The predicted molar refractivity (Wildman–Crippen MR) is 103 cm³/mol. The van der Waals surface area contributed by atoms with Gasteiger partial charge in [0.15, 0.2) is 0 Å². The zero-order valence-electron chi connectivity index (χ0n) is 13.7. The van der Waals surface area contributed by atoms with E-state index in [-0.39, 0.29) is 11.7 Å². The molecule has 0 radical (unpaired) electrons. The number of amides is 1. The number of benzene rings is 2. The van der Waals surface area contributed by atoms with Gasteiger partial charge in [0, 0.05) is 27.3 Å². The van der Waals surface area contributed by atoms with Crippen molar-refractivity contribution in [2.45, 2.75) is 31.7 Å². The van der Waals surface area contributed by atoms with E-state index < -0.39 is 0 Å². The van der Waals surface area contributed by atoms with Gasteiger partial charge in [-0.15, -0.1) is 0 Å². The summed E-state index contributed by atoms with van der Waals surface area (Å²) in [6.07, 6.45) is 4.61. The molecule has 128 valence electrons. The van der Waals surface area contributed by atoms with Gasteiger partial charge in [-0.2, -0.15) is 0 Å². The molecule has 0 aromatic heterocycles. The Morgan fingerprint density at radius 2 is 1.96 bits per heavy atom. The lowest BCUT2D eigenvalue weighted by atomic mass is 9.99. The van der Waals surface area contributed by atoms with Crippen LogP contribution < -0.4 is 10.6 Å². The second-order valence-corrected chi connectivity index (χ2v) is 7.49. The summed E-state index contributed by atoms with van der Waals surface area (Å²) in [6.45, 7) is 0. The van der Waals surface area contributed by atoms with E-state index in [4.69, 9.17) is 0 Å². The first-order valence-corrected chi connectivity index (χ1v) is 9.32. The van der Waals surface area contributed by atoms with Crippen LogP contribution in [-0.4, -0.2) is 17.1 Å². The Kier molecular flexibility index (Phi) is 4.25. The predicted octanol–water partition coefficient (Wildman–Crippen LogP) is 4.51. The number of nitrogens with one attached hydrogen (secondary N) is 2. The van der Waals surface area contributed by atoms with Crippen LogP contribution in [0.4, 0.5) is 5.69 Å². The summed E-state index contributed by atoms with van der Waals surface area (Å²) in [7, 11) is 0. The fourth-order valence-electron chi connectivity index (χ4n) is 3.62. The normalized spacial score (nSPS) is 18.8. The number of halogens is 1. The van der Waals surface area contributed by atoms with Crippen LogP contribution in [0.25, 0.3) is 11.3 Å². The van der Waals surface area contributed by atoms with E-state index in [9.17, 15) is 9.90 Å². The molecular formula is C20H19BrN2O2. The minimum Gasteiger partial charge on any atom is -0.508 e. The van der Waals surface area contributed by atoms with E-state index in [1.54, 1.807) is 18.2 Å². The molecule has 1 aliphatic heterocycles. The summed E-state index contributed by atoms with van der Waals surface area (Å²) in [4.78, 5) is 12.7. The van der Waals surface area contributed by atoms with Crippen molar-refractivity contribution in [2.24, 2.45) is 0 Å². The Labute approximate surface area is 155 Å². The quantitative estimate of drug-likeness (QED) is 0.666. The number of aromatic hydroxyl groups is 1. The molecule has 5 heteroatoms. The average molecular weight is 399 g/mol. The second kappa shape index (κ2) is 6.56. The Morgan fingerprint density at radius 1 is 1.16 bits per heavy atom. The lowest BCUT2D eigenvalue weighted by Crippen LogP contribution is -2.26. The van der Waals surface area contributed by atoms with Crippen molar-refractivity contribution in [3.8, 4) is 5.75 Å². The van der Waals surface area contributed by atoms with E-state index >= 15 is 0 Å². The second-order valence-electron chi connectivity index (χ2n) is 6.57. The fourth-order valence-corrected chi connectivity index (χ4v) is 3.98. The van der Waals surface area contributed by atoms with E-state index in [0.29, 0.717) is 11.6 Å². The standard InChI is InChI=1S/C20H19BrN2O2/c21-13-8-9-17-16(11-13)18(20(25)23-17)19(22-14-5-1-2-6-14)12-4-3-7-15(24)10-12/h3-4,7-11,14,22,24H,1-2,5-6H2,(H,23,25)/b19-18-. The maximum atomic E-state index is 12.7. The average Bonchev–Trinajstić information content (AvgIpc) is 3.20. The van der Waals surface area contributed by atoms with Gasteiger partial charge in [-0.25, -0.2) is 0 Å². The third-order valence-electron chi connectivity index (χ3n) is 4.81. The van der Waals surface area contributed by atoms with Crippen LogP contribution in [0.2, 0.25) is 0 Å². The summed E-state index contributed by atoms with van der Waals surface area (Å²) in [5.41, 5.74) is 3.94. The topological polar surface area (TPSA) is 61.4 Å². The van der Waals surface area contributed by atoms with Gasteiger partial charge in [0.2, 0.25) is 0 Å². The maximum Gasteiger partial charge on any atom is 0.258 e. The Hall–Kier alpha value is -2.27. The number of carbonyl (C=O) groups is 1. The molecule has 0 bridgehead atoms.